The molecule has 0 bridgehead atoms. The average molecular weight is 313 g/mol. The second-order valence-corrected chi connectivity index (χ2v) is 5.66. The van der Waals surface area contributed by atoms with Crippen molar-refractivity contribution in [3.63, 3.8) is 0 Å². The first-order chi connectivity index (χ1) is 7.17. The highest BCUT2D eigenvalue weighted by atomic mass is 79.9. The van der Waals surface area contributed by atoms with E-state index in [0.717, 1.165) is 3.79 Å². The van der Waals surface area contributed by atoms with Crippen molar-refractivity contribution < 1.29 is 9.53 Å². The molecular weight excluding hydrogens is 302 g/mol. The van der Waals surface area contributed by atoms with Gasteiger partial charge in [0.2, 0.25) is 0 Å². The Balaban J connectivity index is 2.54. The summed E-state index contributed by atoms with van der Waals surface area (Å²) < 4.78 is 5.86. The Kier molecular flexibility index (Phi) is 5.60. The summed E-state index contributed by atoms with van der Waals surface area (Å²) in [5, 5.41) is 2.79. The topological polar surface area (TPSA) is 38.3 Å². The van der Waals surface area contributed by atoms with Crippen molar-refractivity contribution >= 4 is 44.8 Å². The number of thiophene rings is 1. The van der Waals surface area contributed by atoms with E-state index in [1.165, 1.54) is 11.3 Å². The number of rotatable bonds is 5. The van der Waals surface area contributed by atoms with E-state index in [-0.39, 0.29) is 11.9 Å². The molecule has 1 heterocycles. The molecule has 0 saturated carbocycles. The van der Waals surface area contributed by atoms with Gasteiger partial charge in [-0.15, -0.1) is 22.9 Å². The van der Waals surface area contributed by atoms with Gasteiger partial charge in [-0.1, -0.05) is 0 Å². The van der Waals surface area contributed by atoms with Gasteiger partial charge in [0.15, 0.2) is 0 Å². The Morgan fingerprint density at radius 3 is 2.93 bits per heavy atom. The molecular formula is C9H11BrClNO2S. The van der Waals surface area contributed by atoms with Gasteiger partial charge >= 0.3 is 0 Å². The SMILES string of the molecule is COCC(CCl)NC(=O)c1ccc(Br)s1. The highest BCUT2D eigenvalue weighted by Gasteiger charge is 2.13. The van der Waals surface area contributed by atoms with Crippen molar-refractivity contribution in [1.29, 1.82) is 0 Å². The van der Waals surface area contributed by atoms with Gasteiger partial charge in [0.05, 0.1) is 21.3 Å². The normalized spacial score (nSPS) is 12.5. The molecule has 6 heteroatoms. The van der Waals surface area contributed by atoms with Crippen LogP contribution in [0.1, 0.15) is 9.67 Å². The Labute approximate surface area is 106 Å². The average Bonchev–Trinajstić information content (AvgIpc) is 2.64. The minimum Gasteiger partial charge on any atom is -0.383 e. The van der Waals surface area contributed by atoms with E-state index in [9.17, 15) is 4.79 Å². The zero-order chi connectivity index (χ0) is 11.3. The zero-order valence-corrected chi connectivity index (χ0v) is 11.3. The molecule has 0 fully saturated rings. The number of carbonyl (C=O) groups is 1. The molecule has 0 radical (unpaired) electrons. The smallest absolute Gasteiger partial charge is 0.261 e. The van der Waals surface area contributed by atoms with Crippen LogP contribution in [0, 0.1) is 0 Å². The highest BCUT2D eigenvalue weighted by Crippen LogP contribution is 2.21. The molecule has 15 heavy (non-hydrogen) atoms. The molecule has 1 N–H and O–H groups in total. The number of hydrogen-bond donors (Lipinski definition) is 1. The fourth-order valence-corrected chi connectivity index (χ4v) is 2.47. The predicted octanol–water partition coefficient (Wildman–Crippen LogP) is 2.49. The number of halogens is 2. The number of amides is 1. The molecule has 0 saturated heterocycles. The second kappa shape index (κ2) is 6.48. The molecule has 1 unspecified atom stereocenters. The van der Waals surface area contributed by atoms with Crippen molar-refractivity contribution in [2.24, 2.45) is 0 Å². The fourth-order valence-electron chi connectivity index (χ4n) is 1.02. The van der Waals surface area contributed by atoms with E-state index in [0.29, 0.717) is 17.4 Å². The standard InChI is InChI=1S/C9H11BrClNO2S/c1-14-5-6(4-11)12-9(13)7-2-3-8(10)15-7/h2-3,6H,4-5H2,1H3,(H,12,13). The molecule has 1 amide bonds. The summed E-state index contributed by atoms with van der Waals surface area (Å²) in [7, 11) is 1.58. The third kappa shape index (κ3) is 4.10. The van der Waals surface area contributed by atoms with Crippen LogP contribution in [0.15, 0.2) is 15.9 Å². The minimum atomic E-state index is -0.148. The van der Waals surface area contributed by atoms with Crippen LogP contribution in [0.25, 0.3) is 0 Å². The van der Waals surface area contributed by atoms with Crippen molar-refractivity contribution in [1.82, 2.24) is 5.32 Å². The molecule has 0 aliphatic carbocycles. The Morgan fingerprint density at radius 1 is 1.73 bits per heavy atom. The van der Waals surface area contributed by atoms with Crippen molar-refractivity contribution in [3.05, 3.63) is 20.8 Å². The first-order valence-corrected chi connectivity index (χ1v) is 6.43. The number of ether oxygens (including phenoxy) is 1. The van der Waals surface area contributed by atoms with E-state index in [4.69, 9.17) is 16.3 Å². The third-order valence-corrected chi connectivity index (χ3v) is 3.68. The zero-order valence-electron chi connectivity index (χ0n) is 8.13. The van der Waals surface area contributed by atoms with Crippen LogP contribution in [0.4, 0.5) is 0 Å². The first-order valence-electron chi connectivity index (χ1n) is 4.28. The quantitative estimate of drug-likeness (QED) is 0.848. The van der Waals surface area contributed by atoms with Gasteiger partial charge in [0.1, 0.15) is 0 Å². The van der Waals surface area contributed by atoms with Gasteiger partial charge in [-0.2, -0.15) is 0 Å². The Bertz CT molecular complexity index is 332. The van der Waals surface area contributed by atoms with Crippen LogP contribution in [0.5, 0.6) is 0 Å². The fraction of sp³-hybridized carbons (Fsp3) is 0.444. The number of alkyl halides is 1. The molecule has 1 atom stereocenters. The second-order valence-electron chi connectivity index (χ2n) is 2.88. The molecule has 1 rings (SSSR count). The predicted molar refractivity (Wildman–Crippen MR) is 65.9 cm³/mol. The van der Waals surface area contributed by atoms with Crippen molar-refractivity contribution in [3.8, 4) is 0 Å². The summed E-state index contributed by atoms with van der Waals surface area (Å²) >= 11 is 10.4. The van der Waals surface area contributed by atoms with Gasteiger partial charge in [0, 0.05) is 13.0 Å². The van der Waals surface area contributed by atoms with Gasteiger partial charge in [0.25, 0.3) is 5.91 Å². The lowest BCUT2D eigenvalue weighted by Crippen LogP contribution is -2.39. The maximum Gasteiger partial charge on any atom is 0.261 e. The van der Waals surface area contributed by atoms with Gasteiger partial charge in [-0.05, 0) is 28.1 Å². The van der Waals surface area contributed by atoms with E-state index in [1.807, 2.05) is 6.07 Å². The van der Waals surface area contributed by atoms with Crippen LogP contribution < -0.4 is 5.32 Å². The lowest BCUT2D eigenvalue weighted by molar-refractivity contribution is 0.0911. The van der Waals surface area contributed by atoms with E-state index in [1.54, 1.807) is 13.2 Å². The molecule has 84 valence electrons. The lowest BCUT2D eigenvalue weighted by atomic mass is 10.3. The highest BCUT2D eigenvalue weighted by molar-refractivity contribution is 9.11. The summed E-state index contributed by atoms with van der Waals surface area (Å²) in [6.45, 7) is 0.418. The summed E-state index contributed by atoms with van der Waals surface area (Å²) in [6, 6.07) is 3.46. The van der Waals surface area contributed by atoms with Crippen molar-refractivity contribution in [2.45, 2.75) is 6.04 Å². The Morgan fingerprint density at radius 2 is 2.47 bits per heavy atom. The van der Waals surface area contributed by atoms with Crippen molar-refractivity contribution in [2.75, 3.05) is 19.6 Å². The van der Waals surface area contributed by atoms with E-state index in [2.05, 4.69) is 21.2 Å². The lowest BCUT2D eigenvalue weighted by Gasteiger charge is -2.13. The number of carbonyl (C=O) groups excluding carboxylic acids is 1. The molecule has 3 nitrogen and oxygen atoms in total. The maximum atomic E-state index is 11.7. The summed E-state index contributed by atoms with van der Waals surface area (Å²) in [5.74, 6) is 0.222. The first kappa shape index (κ1) is 13.0. The van der Waals surface area contributed by atoms with Gasteiger partial charge in [-0.25, -0.2) is 0 Å². The van der Waals surface area contributed by atoms with E-state index >= 15 is 0 Å². The monoisotopic (exact) mass is 311 g/mol. The summed E-state index contributed by atoms with van der Waals surface area (Å²) in [5.41, 5.74) is 0. The Hall–Kier alpha value is -0.100. The maximum absolute atomic E-state index is 11.7. The number of nitrogens with one attached hydrogen (secondary N) is 1. The number of hydrogen-bond acceptors (Lipinski definition) is 3. The largest absolute Gasteiger partial charge is 0.383 e. The van der Waals surface area contributed by atoms with Crippen LogP contribution in [0.2, 0.25) is 0 Å². The number of methoxy groups -OCH3 is 1. The van der Waals surface area contributed by atoms with Crippen LogP contribution in [-0.4, -0.2) is 31.5 Å². The minimum absolute atomic E-state index is 0.117. The molecule has 0 aliphatic rings. The molecule has 0 aliphatic heterocycles. The van der Waals surface area contributed by atoms with Crippen LogP contribution in [0.3, 0.4) is 0 Å². The summed E-state index contributed by atoms with van der Waals surface area (Å²) in [4.78, 5) is 12.3. The molecule has 1 aromatic heterocycles. The van der Waals surface area contributed by atoms with E-state index < -0.39 is 0 Å². The van der Waals surface area contributed by atoms with Crippen LogP contribution in [-0.2, 0) is 4.74 Å². The summed E-state index contributed by atoms with van der Waals surface area (Å²) in [6.07, 6.45) is 0. The van der Waals surface area contributed by atoms with Gasteiger partial charge in [-0.3, -0.25) is 4.79 Å². The van der Waals surface area contributed by atoms with Crippen LogP contribution >= 0.6 is 38.9 Å². The van der Waals surface area contributed by atoms with Gasteiger partial charge < -0.3 is 10.1 Å². The molecule has 1 aromatic rings. The molecule has 0 spiro atoms. The third-order valence-electron chi connectivity index (χ3n) is 1.69. The molecule has 0 aromatic carbocycles.